The second-order valence-corrected chi connectivity index (χ2v) is 3.88. The Bertz CT molecular complexity index is 431. The van der Waals surface area contributed by atoms with E-state index in [4.69, 9.17) is 10.8 Å². The van der Waals surface area contributed by atoms with Gasteiger partial charge in [-0.2, -0.15) is 0 Å². The maximum atomic E-state index is 12.4. The van der Waals surface area contributed by atoms with Crippen LogP contribution in [0.1, 0.15) is 22.0 Å². The van der Waals surface area contributed by atoms with Crippen LogP contribution in [0, 0.1) is 0 Å². The quantitative estimate of drug-likeness (QED) is 0.794. The van der Waals surface area contributed by atoms with Crippen molar-refractivity contribution in [1.29, 1.82) is 0 Å². The maximum Gasteiger partial charge on any atom is 0.336 e. The monoisotopic (exact) mass is 331 g/mol. The Balaban J connectivity index is 0.00000256. The van der Waals surface area contributed by atoms with Gasteiger partial charge in [0.2, 0.25) is 0 Å². The van der Waals surface area contributed by atoms with Crippen molar-refractivity contribution in [1.82, 2.24) is 0 Å². The zero-order chi connectivity index (χ0) is 12.5. The van der Waals surface area contributed by atoms with Gasteiger partial charge in [-0.25, -0.2) is 13.6 Å². The molecule has 0 unspecified atom stereocenters. The van der Waals surface area contributed by atoms with E-state index in [1.165, 1.54) is 6.07 Å². The van der Waals surface area contributed by atoms with Gasteiger partial charge in [-0.1, -0.05) is 0 Å². The Morgan fingerprint density at radius 1 is 1.41 bits per heavy atom. The molecule has 4 nitrogen and oxygen atoms in total. The van der Waals surface area contributed by atoms with Crippen LogP contribution in [-0.4, -0.2) is 22.6 Å². The summed E-state index contributed by atoms with van der Waals surface area (Å²) in [5.74, 6) is -2.00. The molecule has 0 spiro atoms. The lowest BCUT2D eigenvalue weighted by atomic mass is 10.00. The van der Waals surface area contributed by atoms with Crippen LogP contribution in [-0.2, 0) is 0 Å². The molecule has 0 saturated heterocycles. The SMILES string of the molecule is Cl.N[C@H](c1c(C(=O)O)ccc(Br)c1O)C(F)F. The van der Waals surface area contributed by atoms with E-state index in [1.54, 1.807) is 0 Å². The highest BCUT2D eigenvalue weighted by atomic mass is 79.9. The lowest BCUT2D eigenvalue weighted by molar-refractivity contribution is 0.0690. The van der Waals surface area contributed by atoms with Gasteiger partial charge in [0.05, 0.1) is 16.1 Å². The predicted octanol–water partition coefficient (Wildman–Crippen LogP) is 2.54. The van der Waals surface area contributed by atoms with E-state index in [0.29, 0.717) is 0 Å². The third-order valence-electron chi connectivity index (χ3n) is 2.00. The van der Waals surface area contributed by atoms with Crippen LogP contribution in [0.4, 0.5) is 8.78 Å². The van der Waals surface area contributed by atoms with Crippen molar-refractivity contribution >= 4 is 34.3 Å². The fraction of sp³-hybridized carbons (Fsp3) is 0.222. The smallest absolute Gasteiger partial charge is 0.336 e. The number of carboxylic acids is 1. The van der Waals surface area contributed by atoms with E-state index >= 15 is 0 Å². The number of carbonyl (C=O) groups is 1. The molecule has 0 amide bonds. The van der Waals surface area contributed by atoms with Crippen LogP contribution >= 0.6 is 28.3 Å². The number of carboxylic acid groups (broad SMARTS) is 1. The van der Waals surface area contributed by atoms with Crippen molar-refractivity contribution in [2.75, 3.05) is 0 Å². The zero-order valence-corrected chi connectivity index (χ0v) is 10.6. The number of hydrogen-bond donors (Lipinski definition) is 3. The molecule has 0 aliphatic heterocycles. The van der Waals surface area contributed by atoms with Crippen LogP contribution in [0.5, 0.6) is 5.75 Å². The minimum absolute atomic E-state index is 0. The molecule has 1 aromatic rings. The molecule has 4 N–H and O–H groups in total. The number of halogens is 4. The Kier molecular flexibility index (Phi) is 5.80. The fourth-order valence-electron chi connectivity index (χ4n) is 1.23. The van der Waals surface area contributed by atoms with Crippen molar-refractivity contribution in [3.8, 4) is 5.75 Å². The van der Waals surface area contributed by atoms with E-state index in [9.17, 15) is 18.7 Å². The minimum Gasteiger partial charge on any atom is -0.506 e. The number of aromatic carboxylic acids is 1. The molecule has 0 heterocycles. The standard InChI is InChI=1S/C9H8BrF2NO3.ClH/c10-4-2-1-3(9(15)16)5(7(4)14)6(13)8(11)12;/h1-2,6,8,14H,13H2,(H,15,16);1H/t6-;/m1./s1. The number of rotatable bonds is 3. The van der Waals surface area contributed by atoms with E-state index in [2.05, 4.69) is 15.9 Å². The number of nitrogens with two attached hydrogens (primary N) is 1. The van der Waals surface area contributed by atoms with E-state index < -0.39 is 35.3 Å². The van der Waals surface area contributed by atoms with Crippen molar-refractivity contribution in [2.45, 2.75) is 12.5 Å². The third-order valence-corrected chi connectivity index (χ3v) is 2.64. The molecule has 0 radical (unpaired) electrons. The van der Waals surface area contributed by atoms with Crippen molar-refractivity contribution in [3.63, 3.8) is 0 Å². The number of alkyl halides is 2. The van der Waals surface area contributed by atoms with Crippen LogP contribution < -0.4 is 5.73 Å². The van der Waals surface area contributed by atoms with Crippen LogP contribution in [0.15, 0.2) is 16.6 Å². The largest absolute Gasteiger partial charge is 0.506 e. The Morgan fingerprint density at radius 3 is 2.35 bits per heavy atom. The third kappa shape index (κ3) is 3.27. The van der Waals surface area contributed by atoms with Gasteiger partial charge in [-0.3, -0.25) is 0 Å². The first-order valence-corrected chi connectivity index (χ1v) is 4.94. The second-order valence-electron chi connectivity index (χ2n) is 3.02. The Morgan fingerprint density at radius 2 is 1.94 bits per heavy atom. The second kappa shape index (κ2) is 6.13. The number of phenolic OH excluding ortho intramolecular Hbond substituents is 1. The average Bonchev–Trinajstić information content (AvgIpc) is 2.20. The first kappa shape index (κ1) is 16.1. The van der Waals surface area contributed by atoms with Gasteiger partial charge in [0.25, 0.3) is 6.43 Å². The summed E-state index contributed by atoms with van der Waals surface area (Å²) >= 11 is 2.90. The van der Waals surface area contributed by atoms with Crippen molar-refractivity contribution < 1.29 is 23.8 Å². The summed E-state index contributed by atoms with van der Waals surface area (Å²) in [6.07, 6.45) is -2.96. The molecule has 0 aromatic heterocycles. The molecule has 17 heavy (non-hydrogen) atoms. The van der Waals surface area contributed by atoms with Gasteiger partial charge in [0.15, 0.2) is 0 Å². The summed E-state index contributed by atoms with van der Waals surface area (Å²) in [6.45, 7) is 0. The molecule has 0 aliphatic rings. The summed E-state index contributed by atoms with van der Waals surface area (Å²) in [7, 11) is 0. The molecule has 96 valence electrons. The maximum absolute atomic E-state index is 12.4. The minimum atomic E-state index is -2.96. The van der Waals surface area contributed by atoms with E-state index in [0.717, 1.165) is 6.07 Å². The number of benzene rings is 1. The van der Waals surface area contributed by atoms with Gasteiger partial charge in [-0.15, -0.1) is 12.4 Å². The predicted molar refractivity (Wildman–Crippen MR) is 62.9 cm³/mol. The Hall–Kier alpha value is -0.920. The van der Waals surface area contributed by atoms with Gasteiger partial charge < -0.3 is 15.9 Å². The highest BCUT2D eigenvalue weighted by Crippen LogP contribution is 2.36. The number of phenols is 1. The molecule has 8 heteroatoms. The molecule has 0 saturated carbocycles. The highest BCUT2D eigenvalue weighted by molar-refractivity contribution is 9.10. The fourth-order valence-corrected chi connectivity index (χ4v) is 1.58. The molecular formula is C9H9BrClF2NO3. The van der Waals surface area contributed by atoms with Gasteiger partial charge in [0, 0.05) is 5.56 Å². The summed E-state index contributed by atoms with van der Waals surface area (Å²) in [6, 6.07) is 0.507. The van der Waals surface area contributed by atoms with Crippen LogP contribution in [0.2, 0.25) is 0 Å². The molecule has 0 bridgehead atoms. The first-order chi connectivity index (χ1) is 7.36. The first-order valence-electron chi connectivity index (χ1n) is 4.14. The van der Waals surface area contributed by atoms with Gasteiger partial charge in [0.1, 0.15) is 5.75 Å². The topological polar surface area (TPSA) is 83.6 Å². The van der Waals surface area contributed by atoms with Crippen LogP contribution in [0.3, 0.4) is 0 Å². The lowest BCUT2D eigenvalue weighted by Gasteiger charge is -2.16. The summed E-state index contributed by atoms with van der Waals surface area (Å²) in [5.41, 5.74) is 4.24. The molecule has 1 aromatic carbocycles. The zero-order valence-electron chi connectivity index (χ0n) is 8.23. The molecular weight excluding hydrogens is 323 g/mol. The van der Waals surface area contributed by atoms with E-state index in [-0.39, 0.29) is 16.9 Å². The summed E-state index contributed by atoms with van der Waals surface area (Å²) in [4.78, 5) is 10.8. The number of hydrogen-bond acceptors (Lipinski definition) is 3. The molecule has 0 fully saturated rings. The summed E-state index contributed by atoms with van der Waals surface area (Å²) in [5, 5.41) is 18.3. The molecule has 1 atom stereocenters. The van der Waals surface area contributed by atoms with Crippen molar-refractivity contribution in [3.05, 3.63) is 27.7 Å². The van der Waals surface area contributed by atoms with Gasteiger partial charge in [-0.05, 0) is 28.1 Å². The van der Waals surface area contributed by atoms with Gasteiger partial charge >= 0.3 is 5.97 Å². The lowest BCUT2D eigenvalue weighted by Crippen LogP contribution is -2.22. The molecule has 0 aliphatic carbocycles. The van der Waals surface area contributed by atoms with Crippen LogP contribution in [0.25, 0.3) is 0 Å². The van der Waals surface area contributed by atoms with Crippen molar-refractivity contribution in [2.24, 2.45) is 5.73 Å². The Labute approximate surface area is 110 Å². The number of aromatic hydroxyl groups is 1. The molecule has 1 rings (SSSR count). The normalized spacial score (nSPS) is 12.1. The summed E-state index contributed by atoms with van der Waals surface area (Å²) < 4.78 is 25.0. The average molecular weight is 333 g/mol. The highest BCUT2D eigenvalue weighted by Gasteiger charge is 2.27. The van der Waals surface area contributed by atoms with E-state index in [1.807, 2.05) is 0 Å².